The number of amides is 1. The van der Waals surface area contributed by atoms with E-state index in [0.29, 0.717) is 17.8 Å². The van der Waals surface area contributed by atoms with Gasteiger partial charge in [0.05, 0.1) is 24.8 Å². The Labute approximate surface area is 156 Å². The van der Waals surface area contributed by atoms with Crippen LogP contribution in [0.4, 0.5) is 5.69 Å². The number of anilines is 1. The summed E-state index contributed by atoms with van der Waals surface area (Å²) in [6, 6.07) is 14.3. The summed E-state index contributed by atoms with van der Waals surface area (Å²) in [6.07, 6.45) is 0. The number of halogens is 1. The zero-order valence-electron chi connectivity index (χ0n) is 14.4. The van der Waals surface area contributed by atoms with Crippen LogP contribution in [0.3, 0.4) is 0 Å². The van der Waals surface area contributed by atoms with Crippen LogP contribution < -0.4 is 10.1 Å². The fourth-order valence-corrected chi connectivity index (χ4v) is 2.76. The molecule has 0 aliphatic heterocycles. The summed E-state index contributed by atoms with van der Waals surface area (Å²) in [7, 11) is 3.52. The molecule has 2 aromatic rings. The van der Waals surface area contributed by atoms with E-state index in [4.69, 9.17) is 10.00 Å². The molecular weight excluding hydrogens is 382 g/mol. The minimum absolute atomic E-state index is 0.110. The lowest BCUT2D eigenvalue weighted by molar-refractivity contribution is -0.120. The Balaban J connectivity index is 2.03. The van der Waals surface area contributed by atoms with Gasteiger partial charge in [0.15, 0.2) is 0 Å². The number of carbonyl (C=O) groups is 1. The number of likely N-dealkylation sites (N-methyl/N-ethyl adjacent to an activating group) is 1. The molecule has 5 nitrogen and oxygen atoms in total. The van der Waals surface area contributed by atoms with Crippen LogP contribution >= 0.6 is 15.9 Å². The van der Waals surface area contributed by atoms with Gasteiger partial charge in [-0.2, -0.15) is 5.26 Å². The molecule has 0 unspecified atom stereocenters. The van der Waals surface area contributed by atoms with Crippen molar-refractivity contribution in [1.29, 1.82) is 5.26 Å². The van der Waals surface area contributed by atoms with E-state index in [1.165, 1.54) is 0 Å². The minimum atomic E-state index is -0.334. The fraction of sp³-hybridized carbons (Fsp3) is 0.263. The quantitative estimate of drug-likeness (QED) is 0.799. The van der Waals surface area contributed by atoms with Gasteiger partial charge in [-0.15, -0.1) is 0 Å². The highest BCUT2D eigenvalue weighted by Gasteiger charge is 2.19. The maximum Gasteiger partial charge on any atom is 0.241 e. The van der Waals surface area contributed by atoms with Crippen molar-refractivity contribution in [2.24, 2.45) is 0 Å². The van der Waals surface area contributed by atoms with Crippen molar-refractivity contribution < 1.29 is 9.53 Å². The number of rotatable bonds is 6. The number of benzene rings is 2. The Kier molecular flexibility index (Phi) is 6.57. The van der Waals surface area contributed by atoms with E-state index in [-0.39, 0.29) is 11.9 Å². The lowest BCUT2D eigenvalue weighted by Gasteiger charge is -2.24. The number of hydrogen-bond acceptors (Lipinski definition) is 4. The van der Waals surface area contributed by atoms with Crippen molar-refractivity contribution in [3.63, 3.8) is 0 Å². The van der Waals surface area contributed by atoms with Gasteiger partial charge in [0, 0.05) is 22.3 Å². The van der Waals surface area contributed by atoms with E-state index < -0.39 is 0 Å². The van der Waals surface area contributed by atoms with Crippen LogP contribution in [0.15, 0.2) is 46.9 Å². The van der Waals surface area contributed by atoms with Gasteiger partial charge in [-0.05, 0) is 56.4 Å². The van der Waals surface area contributed by atoms with E-state index in [9.17, 15) is 4.79 Å². The van der Waals surface area contributed by atoms with Crippen molar-refractivity contribution in [3.05, 3.63) is 58.1 Å². The highest BCUT2D eigenvalue weighted by molar-refractivity contribution is 9.10. The lowest BCUT2D eigenvalue weighted by atomic mass is 10.1. The number of nitrogens with one attached hydrogen (secondary N) is 1. The van der Waals surface area contributed by atoms with Crippen LogP contribution in [0.2, 0.25) is 0 Å². The van der Waals surface area contributed by atoms with Gasteiger partial charge >= 0.3 is 0 Å². The van der Waals surface area contributed by atoms with Crippen molar-refractivity contribution >= 4 is 27.5 Å². The summed E-state index contributed by atoms with van der Waals surface area (Å²) in [4.78, 5) is 14.4. The maximum absolute atomic E-state index is 12.5. The van der Waals surface area contributed by atoms with Gasteiger partial charge in [0.2, 0.25) is 5.91 Å². The first-order chi connectivity index (χ1) is 11.9. The van der Waals surface area contributed by atoms with Gasteiger partial charge < -0.3 is 10.1 Å². The number of hydrogen-bond donors (Lipinski definition) is 1. The molecule has 0 aliphatic rings. The summed E-state index contributed by atoms with van der Waals surface area (Å²) in [5, 5.41) is 11.7. The molecule has 1 atom stereocenters. The van der Waals surface area contributed by atoms with E-state index in [1.807, 2.05) is 37.1 Å². The van der Waals surface area contributed by atoms with Crippen molar-refractivity contribution in [3.8, 4) is 11.8 Å². The average molecular weight is 402 g/mol. The summed E-state index contributed by atoms with van der Waals surface area (Å²) < 4.78 is 6.35. The minimum Gasteiger partial charge on any atom is -0.496 e. The Morgan fingerprint density at radius 1 is 1.32 bits per heavy atom. The molecule has 1 N–H and O–H groups in total. The molecule has 0 aliphatic carbocycles. The van der Waals surface area contributed by atoms with Crippen LogP contribution in [0.1, 0.15) is 18.1 Å². The summed E-state index contributed by atoms with van der Waals surface area (Å²) in [5.74, 6) is 0.677. The predicted octanol–water partition coefficient (Wildman–Crippen LogP) is 3.79. The van der Waals surface area contributed by atoms with Crippen LogP contribution in [0.5, 0.6) is 5.75 Å². The number of ether oxygens (including phenoxy) is 1. The Hall–Kier alpha value is -2.36. The van der Waals surface area contributed by atoms with E-state index in [1.54, 1.807) is 31.4 Å². The van der Waals surface area contributed by atoms with Gasteiger partial charge in [0.1, 0.15) is 5.75 Å². The standard InChI is InChI=1S/C19H20BrN3O2/c1-13(19(24)22-17-7-4-14(11-21)5-8-17)23(2)12-15-10-16(20)6-9-18(15)25-3/h4-10,13H,12H2,1-3H3,(H,22,24)/t13-/m1/s1. The van der Waals surface area contributed by atoms with Crippen LogP contribution in [-0.2, 0) is 11.3 Å². The first kappa shape index (κ1) is 19.0. The van der Waals surface area contributed by atoms with Gasteiger partial charge in [-0.25, -0.2) is 0 Å². The molecule has 0 saturated heterocycles. The summed E-state index contributed by atoms with van der Waals surface area (Å²) >= 11 is 3.46. The molecule has 130 valence electrons. The maximum atomic E-state index is 12.5. The number of nitrogens with zero attached hydrogens (tertiary/aromatic N) is 2. The normalized spacial score (nSPS) is 11.7. The fourth-order valence-electron chi connectivity index (χ4n) is 2.35. The molecule has 25 heavy (non-hydrogen) atoms. The Morgan fingerprint density at radius 3 is 2.60 bits per heavy atom. The molecule has 0 aromatic heterocycles. The third-order valence-electron chi connectivity index (χ3n) is 3.98. The molecule has 6 heteroatoms. The van der Waals surface area contributed by atoms with Gasteiger partial charge in [0.25, 0.3) is 0 Å². The second-order valence-corrected chi connectivity index (χ2v) is 6.64. The van der Waals surface area contributed by atoms with Crippen LogP contribution in [-0.4, -0.2) is 31.0 Å². The average Bonchev–Trinajstić information content (AvgIpc) is 2.61. The number of methoxy groups -OCH3 is 1. The molecule has 2 aromatic carbocycles. The Bertz CT molecular complexity index is 784. The SMILES string of the molecule is COc1ccc(Br)cc1CN(C)[C@H](C)C(=O)Nc1ccc(C#N)cc1. The zero-order valence-corrected chi connectivity index (χ0v) is 16.0. The molecule has 1 amide bonds. The van der Waals surface area contributed by atoms with Gasteiger partial charge in [-0.3, -0.25) is 9.69 Å². The van der Waals surface area contributed by atoms with Gasteiger partial charge in [-0.1, -0.05) is 15.9 Å². The van der Waals surface area contributed by atoms with E-state index in [0.717, 1.165) is 15.8 Å². The van der Waals surface area contributed by atoms with Crippen molar-refractivity contribution in [1.82, 2.24) is 4.90 Å². The van der Waals surface area contributed by atoms with Crippen LogP contribution in [0, 0.1) is 11.3 Å². The number of carbonyl (C=O) groups excluding carboxylic acids is 1. The highest BCUT2D eigenvalue weighted by atomic mass is 79.9. The third-order valence-corrected chi connectivity index (χ3v) is 4.48. The molecule has 2 rings (SSSR count). The summed E-state index contributed by atoms with van der Waals surface area (Å²) in [6.45, 7) is 2.42. The highest BCUT2D eigenvalue weighted by Crippen LogP contribution is 2.24. The first-order valence-electron chi connectivity index (χ1n) is 7.78. The molecule has 0 heterocycles. The van der Waals surface area contributed by atoms with Crippen molar-refractivity contribution in [2.75, 3.05) is 19.5 Å². The smallest absolute Gasteiger partial charge is 0.241 e. The molecule has 0 bridgehead atoms. The summed E-state index contributed by atoms with van der Waals surface area (Å²) in [5.41, 5.74) is 2.23. The van der Waals surface area contributed by atoms with E-state index in [2.05, 4.69) is 27.3 Å². The lowest BCUT2D eigenvalue weighted by Crippen LogP contribution is -2.39. The molecular formula is C19H20BrN3O2. The molecule has 0 saturated carbocycles. The predicted molar refractivity (Wildman–Crippen MR) is 101 cm³/mol. The Morgan fingerprint density at radius 2 is 2.00 bits per heavy atom. The second-order valence-electron chi connectivity index (χ2n) is 5.73. The topological polar surface area (TPSA) is 65.4 Å². The van der Waals surface area contributed by atoms with Crippen molar-refractivity contribution in [2.45, 2.75) is 19.5 Å². The number of nitriles is 1. The monoisotopic (exact) mass is 401 g/mol. The molecule has 0 radical (unpaired) electrons. The molecule has 0 fully saturated rings. The zero-order chi connectivity index (χ0) is 18.4. The first-order valence-corrected chi connectivity index (χ1v) is 8.57. The van der Waals surface area contributed by atoms with E-state index >= 15 is 0 Å². The molecule has 0 spiro atoms. The second kappa shape index (κ2) is 8.65. The third kappa shape index (κ3) is 5.05. The van der Waals surface area contributed by atoms with Crippen LogP contribution in [0.25, 0.3) is 0 Å². The largest absolute Gasteiger partial charge is 0.496 e.